The average molecular weight is 253 g/mol. The summed E-state index contributed by atoms with van der Waals surface area (Å²) >= 11 is 0. The van der Waals surface area contributed by atoms with Crippen LogP contribution in [0.3, 0.4) is 0 Å². The van der Waals surface area contributed by atoms with Crippen LogP contribution in [0.15, 0.2) is 0 Å². The molecule has 0 fully saturated rings. The highest BCUT2D eigenvalue weighted by atomic mass is 16.5. The van der Waals surface area contributed by atoms with Gasteiger partial charge in [-0.25, -0.2) is 0 Å². The Morgan fingerprint density at radius 3 is 1.94 bits per heavy atom. The maximum Gasteiger partial charge on any atom is 0.326 e. The van der Waals surface area contributed by atoms with Crippen molar-refractivity contribution >= 4 is 5.97 Å². The van der Waals surface area contributed by atoms with Gasteiger partial charge in [0.15, 0.2) is 5.41 Å². The first kappa shape index (κ1) is 17.0. The van der Waals surface area contributed by atoms with E-state index >= 15 is 0 Å². The lowest BCUT2D eigenvalue weighted by Gasteiger charge is -2.24. The molecular formula is C15H27NO2. The van der Waals surface area contributed by atoms with Gasteiger partial charge in [-0.05, 0) is 19.3 Å². The van der Waals surface area contributed by atoms with Crippen LogP contribution in [-0.2, 0) is 9.53 Å². The highest BCUT2D eigenvalue weighted by molar-refractivity contribution is 5.80. The number of carbonyl (C=O) groups is 1. The molecule has 18 heavy (non-hydrogen) atoms. The van der Waals surface area contributed by atoms with Crippen molar-refractivity contribution in [2.24, 2.45) is 5.41 Å². The first-order valence-electron chi connectivity index (χ1n) is 7.25. The van der Waals surface area contributed by atoms with Crippen molar-refractivity contribution in [3.8, 4) is 6.07 Å². The quantitative estimate of drug-likeness (QED) is 0.432. The number of hydrogen-bond donors (Lipinski definition) is 0. The summed E-state index contributed by atoms with van der Waals surface area (Å²) in [6, 6.07) is 2.24. The van der Waals surface area contributed by atoms with E-state index in [1.807, 2.05) is 0 Å². The van der Waals surface area contributed by atoms with E-state index in [2.05, 4.69) is 26.8 Å². The predicted octanol–water partition coefficient (Wildman–Crippen LogP) is 4.22. The van der Waals surface area contributed by atoms with Crippen molar-refractivity contribution in [1.29, 1.82) is 5.26 Å². The first-order valence-corrected chi connectivity index (χ1v) is 7.25. The van der Waals surface area contributed by atoms with Gasteiger partial charge in [0.05, 0.1) is 12.7 Å². The van der Waals surface area contributed by atoms with Gasteiger partial charge in [0, 0.05) is 0 Å². The molecule has 0 heterocycles. The third-order valence-electron chi connectivity index (χ3n) is 3.25. The van der Waals surface area contributed by atoms with E-state index in [9.17, 15) is 10.1 Å². The zero-order chi connectivity index (χ0) is 13.9. The molecule has 3 heteroatoms. The van der Waals surface area contributed by atoms with Crippen LogP contribution in [0.4, 0.5) is 0 Å². The Labute approximate surface area is 112 Å². The average Bonchev–Trinajstić information content (AvgIpc) is 2.40. The fourth-order valence-corrected chi connectivity index (χ4v) is 1.89. The van der Waals surface area contributed by atoms with Crippen molar-refractivity contribution in [2.45, 2.75) is 72.1 Å². The zero-order valence-corrected chi connectivity index (χ0v) is 12.1. The number of rotatable bonds is 10. The zero-order valence-electron chi connectivity index (χ0n) is 12.1. The molecule has 0 aliphatic heterocycles. The van der Waals surface area contributed by atoms with E-state index in [0.717, 1.165) is 38.5 Å². The number of nitrogens with zero attached hydrogens (tertiary/aromatic N) is 1. The van der Waals surface area contributed by atoms with E-state index in [4.69, 9.17) is 4.74 Å². The lowest BCUT2D eigenvalue weighted by atomic mass is 9.79. The number of nitriles is 1. The van der Waals surface area contributed by atoms with Crippen LogP contribution in [0.1, 0.15) is 72.1 Å². The third-order valence-corrected chi connectivity index (χ3v) is 3.25. The molecule has 0 saturated carbocycles. The minimum absolute atomic E-state index is 0.305. The molecule has 0 unspecified atom stereocenters. The van der Waals surface area contributed by atoms with E-state index in [1.165, 1.54) is 0 Å². The van der Waals surface area contributed by atoms with Crippen LogP contribution in [0.5, 0.6) is 0 Å². The maximum atomic E-state index is 12.1. The van der Waals surface area contributed by atoms with Crippen molar-refractivity contribution in [3.63, 3.8) is 0 Å². The summed E-state index contributed by atoms with van der Waals surface area (Å²) in [5, 5.41) is 9.41. The fraction of sp³-hybridized carbons (Fsp3) is 0.867. The number of carbonyl (C=O) groups excluding carboxylic acids is 1. The van der Waals surface area contributed by atoms with Crippen molar-refractivity contribution in [3.05, 3.63) is 0 Å². The van der Waals surface area contributed by atoms with Gasteiger partial charge in [-0.15, -0.1) is 0 Å². The monoisotopic (exact) mass is 253 g/mol. The molecule has 0 N–H and O–H groups in total. The van der Waals surface area contributed by atoms with Gasteiger partial charge >= 0.3 is 5.97 Å². The van der Waals surface area contributed by atoms with Crippen molar-refractivity contribution in [1.82, 2.24) is 0 Å². The minimum Gasteiger partial charge on any atom is -0.465 e. The molecule has 0 amide bonds. The molecule has 3 nitrogen and oxygen atoms in total. The van der Waals surface area contributed by atoms with Crippen molar-refractivity contribution in [2.75, 3.05) is 6.61 Å². The predicted molar refractivity (Wildman–Crippen MR) is 73.0 cm³/mol. The van der Waals surface area contributed by atoms with E-state index in [-0.39, 0.29) is 5.97 Å². The van der Waals surface area contributed by atoms with Gasteiger partial charge in [0.25, 0.3) is 0 Å². The van der Waals surface area contributed by atoms with Crippen LogP contribution >= 0.6 is 0 Å². The van der Waals surface area contributed by atoms with Gasteiger partial charge in [-0.2, -0.15) is 5.26 Å². The summed E-state index contributed by atoms with van der Waals surface area (Å²) < 4.78 is 5.27. The Morgan fingerprint density at radius 2 is 1.56 bits per heavy atom. The third kappa shape index (κ3) is 5.53. The molecule has 0 spiro atoms. The smallest absolute Gasteiger partial charge is 0.326 e. The maximum absolute atomic E-state index is 12.1. The second kappa shape index (κ2) is 9.94. The van der Waals surface area contributed by atoms with E-state index in [0.29, 0.717) is 19.4 Å². The lowest BCUT2D eigenvalue weighted by Crippen LogP contribution is -2.32. The summed E-state index contributed by atoms with van der Waals surface area (Å²) in [5.74, 6) is -0.305. The van der Waals surface area contributed by atoms with Gasteiger partial charge in [-0.1, -0.05) is 52.9 Å². The van der Waals surface area contributed by atoms with Gasteiger partial charge in [-0.3, -0.25) is 4.79 Å². The Balaban J connectivity index is 4.59. The Bertz CT molecular complexity index is 260. The number of unbranched alkanes of at least 4 members (excludes halogenated alkanes) is 3. The first-order chi connectivity index (χ1) is 8.66. The molecule has 0 atom stereocenters. The van der Waals surface area contributed by atoms with Gasteiger partial charge in [0.1, 0.15) is 0 Å². The second-order valence-electron chi connectivity index (χ2n) is 4.89. The molecule has 0 aromatic carbocycles. The number of hydrogen-bond acceptors (Lipinski definition) is 3. The highest BCUT2D eigenvalue weighted by Crippen LogP contribution is 2.32. The Morgan fingerprint density at radius 1 is 1.06 bits per heavy atom. The molecule has 0 aliphatic carbocycles. The molecule has 0 aliphatic rings. The van der Waals surface area contributed by atoms with Crippen LogP contribution in [0, 0.1) is 16.7 Å². The Kier molecular flexibility index (Phi) is 9.36. The standard InChI is InChI=1S/C15H27NO2/c1-4-7-10-15(13-16,11-8-5-2)14(17)18-12-9-6-3/h4-12H2,1-3H3. The van der Waals surface area contributed by atoms with Crippen LogP contribution in [0.2, 0.25) is 0 Å². The van der Waals surface area contributed by atoms with Gasteiger partial charge in [0.2, 0.25) is 0 Å². The summed E-state index contributed by atoms with van der Waals surface area (Å²) in [5.41, 5.74) is -0.903. The van der Waals surface area contributed by atoms with Crippen LogP contribution in [0.25, 0.3) is 0 Å². The SMILES string of the molecule is CCCCOC(=O)C(C#N)(CCCC)CCCC. The highest BCUT2D eigenvalue weighted by Gasteiger charge is 2.39. The Hall–Kier alpha value is -1.04. The van der Waals surface area contributed by atoms with Crippen LogP contribution < -0.4 is 0 Å². The van der Waals surface area contributed by atoms with Crippen molar-refractivity contribution < 1.29 is 9.53 Å². The summed E-state index contributed by atoms with van der Waals surface area (Å²) in [4.78, 5) is 12.1. The lowest BCUT2D eigenvalue weighted by molar-refractivity contribution is -0.153. The number of esters is 1. The van der Waals surface area contributed by atoms with E-state index < -0.39 is 5.41 Å². The normalized spacial score (nSPS) is 11.0. The van der Waals surface area contributed by atoms with Gasteiger partial charge < -0.3 is 4.74 Å². The topological polar surface area (TPSA) is 50.1 Å². The molecule has 0 bridgehead atoms. The fourth-order valence-electron chi connectivity index (χ4n) is 1.89. The summed E-state index contributed by atoms with van der Waals surface area (Å²) in [6.45, 7) is 6.64. The largest absolute Gasteiger partial charge is 0.465 e. The summed E-state index contributed by atoms with van der Waals surface area (Å²) in [7, 11) is 0. The molecule has 104 valence electrons. The van der Waals surface area contributed by atoms with Crippen LogP contribution in [-0.4, -0.2) is 12.6 Å². The molecule has 0 rings (SSSR count). The molecule has 0 aromatic heterocycles. The summed E-state index contributed by atoms with van der Waals surface area (Å²) in [6.07, 6.45) is 6.93. The number of ether oxygens (including phenoxy) is 1. The van der Waals surface area contributed by atoms with E-state index in [1.54, 1.807) is 0 Å². The minimum atomic E-state index is -0.903. The molecule has 0 saturated heterocycles. The molecule has 0 aromatic rings. The molecule has 0 radical (unpaired) electrons. The second-order valence-corrected chi connectivity index (χ2v) is 4.89. The molecular weight excluding hydrogens is 226 g/mol.